The second-order valence-electron chi connectivity index (χ2n) is 7.83. The summed E-state index contributed by atoms with van der Waals surface area (Å²) in [6, 6.07) is 16.1. The van der Waals surface area contributed by atoms with E-state index in [9.17, 15) is 9.59 Å². The average molecular weight is 362 g/mol. The quantitative estimate of drug-likeness (QED) is 0.815. The van der Waals surface area contributed by atoms with Crippen LogP contribution < -0.4 is 4.90 Å². The highest BCUT2D eigenvalue weighted by Crippen LogP contribution is 2.34. The molecule has 2 aliphatic heterocycles. The lowest BCUT2D eigenvalue weighted by molar-refractivity contribution is -0.124. The fraction of sp³-hybridized carbons (Fsp3) is 0.391. The first-order valence-electron chi connectivity index (χ1n) is 9.81. The molecule has 1 fully saturated rings. The number of nitrogens with zero attached hydrogens (tertiary/aromatic N) is 2. The van der Waals surface area contributed by atoms with Crippen molar-refractivity contribution in [2.75, 3.05) is 18.0 Å². The van der Waals surface area contributed by atoms with Gasteiger partial charge in [-0.3, -0.25) is 9.59 Å². The number of hydrogen-bond acceptors (Lipinski definition) is 2. The average Bonchev–Trinajstić information content (AvgIpc) is 3.02. The molecule has 2 amide bonds. The van der Waals surface area contributed by atoms with Gasteiger partial charge in [0.2, 0.25) is 5.91 Å². The van der Waals surface area contributed by atoms with Crippen molar-refractivity contribution in [1.82, 2.24) is 4.90 Å². The predicted octanol–water partition coefficient (Wildman–Crippen LogP) is 3.83. The topological polar surface area (TPSA) is 40.6 Å². The molecule has 27 heavy (non-hydrogen) atoms. The normalized spacial score (nSPS) is 19.9. The van der Waals surface area contributed by atoms with Crippen LogP contribution in [0.5, 0.6) is 0 Å². The zero-order chi connectivity index (χ0) is 19.0. The molecule has 0 spiro atoms. The van der Waals surface area contributed by atoms with Crippen molar-refractivity contribution < 1.29 is 9.59 Å². The minimum Gasteiger partial charge on any atom is -0.339 e. The van der Waals surface area contributed by atoms with Crippen LogP contribution in [0.2, 0.25) is 0 Å². The molecular weight excluding hydrogens is 336 g/mol. The van der Waals surface area contributed by atoms with Crippen LogP contribution in [0, 0.1) is 12.8 Å². The first-order chi connectivity index (χ1) is 13.0. The number of anilines is 1. The van der Waals surface area contributed by atoms with Gasteiger partial charge in [0.15, 0.2) is 0 Å². The molecule has 0 saturated carbocycles. The van der Waals surface area contributed by atoms with E-state index in [1.54, 1.807) is 0 Å². The predicted molar refractivity (Wildman–Crippen MR) is 107 cm³/mol. The molecule has 0 aliphatic carbocycles. The molecule has 2 aliphatic rings. The molecule has 4 heteroatoms. The van der Waals surface area contributed by atoms with Crippen LogP contribution >= 0.6 is 0 Å². The van der Waals surface area contributed by atoms with E-state index in [-0.39, 0.29) is 23.8 Å². The molecule has 140 valence electrons. The summed E-state index contributed by atoms with van der Waals surface area (Å²) in [6.07, 6.45) is 2.40. The third-order valence-corrected chi connectivity index (χ3v) is 5.84. The highest BCUT2D eigenvalue weighted by atomic mass is 16.2. The number of carbonyl (C=O) groups excluding carboxylic acids is 2. The Morgan fingerprint density at radius 1 is 1.00 bits per heavy atom. The molecule has 1 atom stereocenters. The van der Waals surface area contributed by atoms with Gasteiger partial charge < -0.3 is 9.80 Å². The first kappa shape index (κ1) is 17.8. The smallest absolute Gasteiger partial charge is 0.253 e. The lowest BCUT2D eigenvalue weighted by atomic mass is 9.94. The molecule has 2 aromatic rings. The van der Waals surface area contributed by atoms with Crippen LogP contribution in [0.15, 0.2) is 48.5 Å². The van der Waals surface area contributed by atoms with E-state index in [0.29, 0.717) is 13.1 Å². The Morgan fingerprint density at radius 3 is 2.48 bits per heavy atom. The van der Waals surface area contributed by atoms with E-state index in [4.69, 9.17) is 0 Å². The summed E-state index contributed by atoms with van der Waals surface area (Å²) in [4.78, 5) is 29.8. The highest BCUT2D eigenvalue weighted by molar-refractivity contribution is 5.98. The lowest BCUT2D eigenvalue weighted by Gasteiger charge is -2.34. The Kier molecular flexibility index (Phi) is 4.73. The Labute approximate surface area is 160 Å². The zero-order valence-electron chi connectivity index (χ0n) is 16.0. The molecule has 0 N–H and O–H groups in total. The van der Waals surface area contributed by atoms with Gasteiger partial charge in [0.25, 0.3) is 5.91 Å². The van der Waals surface area contributed by atoms with E-state index in [2.05, 4.69) is 13.0 Å². The number of para-hydroxylation sites is 1. The number of piperidine rings is 1. The van der Waals surface area contributed by atoms with Gasteiger partial charge >= 0.3 is 0 Å². The monoisotopic (exact) mass is 362 g/mol. The van der Waals surface area contributed by atoms with Crippen LogP contribution in [0.25, 0.3) is 0 Å². The van der Waals surface area contributed by atoms with Crippen molar-refractivity contribution in [3.05, 3.63) is 65.2 Å². The SMILES string of the molecule is Cc1cccc(C(=O)N2CCC(C(=O)N3c4ccccc4CC3C)CC2)c1. The maximum absolute atomic E-state index is 13.2. The summed E-state index contributed by atoms with van der Waals surface area (Å²) >= 11 is 0. The Bertz CT molecular complexity index is 868. The number of likely N-dealkylation sites (tertiary alicyclic amines) is 1. The molecule has 2 heterocycles. The van der Waals surface area contributed by atoms with Gasteiger partial charge in [0.05, 0.1) is 0 Å². The van der Waals surface area contributed by atoms with Crippen LogP contribution in [0.3, 0.4) is 0 Å². The van der Waals surface area contributed by atoms with E-state index in [0.717, 1.165) is 36.1 Å². The number of fused-ring (bicyclic) bond motifs is 1. The summed E-state index contributed by atoms with van der Waals surface area (Å²) in [5.74, 6) is 0.291. The molecule has 4 rings (SSSR count). The third-order valence-electron chi connectivity index (χ3n) is 5.84. The number of amides is 2. The molecule has 0 aromatic heterocycles. The number of carbonyl (C=O) groups is 2. The summed E-state index contributed by atoms with van der Waals surface area (Å²) in [5, 5.41) is 0. The Morgan fingerprint density at radius 2 is 1.74 bits per heavy atom. The molecule has 4 nitrogen and oxygen atoms in total. The van der Waals surface area contributed by atoms with Crippen LogP contribution in [0.4, 0.5) is 5.69 Å². The van der Waals surface area contributed by atoms with E-state index >= 15 is 0 Å². The van der Waals surface area contributed by atoms with E-state index in [1.165, 1.54) is 5.56 Å². The maximum Gasteiger partial charge on any atom is 0.253 e. The summed E-state index contributed by atoms with van der Waals surface area (Å²) in [6.45, 7) is 5.41. The van der Waals surface area contributed by atoms with Crippen LogP contribution in [0.1, 0.15) is 41.3 Å². The number of hydrogen-bond donors (Lipinski definition) is 0. The highest BCUT2D eigenvalue weighted by Gasteiger charge is 2.36. The van der Waals surface area contributed by atoms with E-state index in [1.807, 2.05) is 59.2 Å². The van der Waals surface area contributed by atoms with Crippen LogP contribution in [-0.4, -0.2) is 35.8 Å². The number of rotatable bonds is 2. The zero-order valence-corrected chi connectivity index (χ0v) is 16.0. The van der Waals surface area contributed by atoms with Crippen molar-refractivity contribution in [1.29, 1.82) is 0 Å². The van der Waals surface area contributed by atoms with Crippen molar-refractivity contribution in [2.45, 2.75) is 39.2 Å². The van der Waals surface area contributed by atoms with Gasteiger partial charge in [-0.15, -0.1) is 0 Å². The number of benzene rings is 2. The minimum absolute atomic E-state index is 0.000153. The molecule has 0 radical (unpaired) electrons. The minimum atomic E-state index is 0.000153. The first-order valence-corrected chi connectivity index (χ1v) is 9.81. The third kappa shape index (κ3) is 3.36. The van der Waals surface area contributed by atoms with Gasteiger partial charge in [-0.05, 0) is 56.9 Å². The Balaban J connectivity index is 1.42. The molecule has 0 bridgehead atoms. The van der Waals surface area contributed by atoms with Gasteiger partial charge in [-0.2, -0.15) is 0 Å². The van der Waals surface area contributed by atoms with Crippen molar-refractivity contribution >= 4 is 17.5 Å². The molecule has 1 unspecified atom stereocenters. The second-order valence-corrected chi connectivity index (χ2v) is 7.83. The Hall–Kier alpha value is -2.62. The van der Waals surface area contributed by atoms with Crippen molar-refractivity contribution in [3.63, 3.8) is 0 Å². The van der Waals surface area contributed by atoms with Gasteiger partial charge in [-0.1, -0.05) is 35.9 Å². The molecule has 1 saturated heterocycles. The molecular formula is C23H26N2O2. The summed E-state index contributed by atoms with van der Waals surface area (Å²) < 4.78 is 0. The summed E-state index contributed by atoms with van der Waals surface area (Å²) in [5.41, 5.74) is 4.15. The number of aryl methyl sites for hydroxylation is 1. The standard InChI is InChI=1S/C23H26N2O2/c1-16-6-5-8-20(14-16)22(26)24-12-10-18(11-13-24)23(27)25-17(2)15-19-7-3-4-9-21(19)25/h3-9,14,17-18H,10-13,15H2,1-2H3. The lowest BCUT2D eigenvalue weighted by Crippen LogP contribution is -2.46. The second kappa shape index (κ2) is 7.18. The maximum atomic E-state index is 13.2. The van der Waals surface area contributed by atoms with Crippen LogP contribution in [-0.2, 0) is 11.2 Å². The summed E-state index contributed by atoms with van der Waals surface area (Å²) in [7, 11) is 0. The fourth-order valence-electron chi connectivity index (χ4n) is 4.39. The van der Waals surface area contributed by atoms with Gasteiger partial charge in [-0.25, -0.2) is 0 Å². The van der Waals surface area contributed by atoms with E-state index < -0.39 is 0 Å². The van der Waals surface area contributed by atoms with Crippen molar-refractivity contribution in [2.24, 2.45) is 5.92 Å². The van der Waals surface area contributed by atoms with Gasteiger partial charge in [0, 0.05) is 36.3 Å². The van der Waals surface area contributed by atoms with Gasteiger partial charge in [0.1, 0.15) is 0 Å². The van der Waals surface area contributed by atoms with Crippen molar-refractivity contribution in [3.8, 4) is 0 Å². The fourth-order valence-corrected chi connectivity index (χ4v) is 4.39. The molecule has 2 aromatic carbocycles. The largest absolute Gasteiger partial charge is 0.339 e.